The van der Waals surface area contributed by atoms with E-state index in [4.69, 9.17) is 0 Å². The molecule has 1 aromatic heterocycles. The first-order valence-corrected chi connectivity index (χ1v) is 7.12. The van der Waals surface area contributed by atoms with Gasteiger partial charge in [0.1, 0.15) is 0 Å². The SMILES string of the molecule is CC(C)NC(=O)c1cccc(NC(C)c2ccnn2C)c1. The van der Waals surface area contributed by atoms with Crippen molar-refractivity contribution in [2.75, 3.05) is 5.32 Å². The van der Waals surface area contributed by atoms with Gasteiger partial charge < -0.3 is 10.6 Å². The van der Waals surface area contributed by atoms with Crippen LogP contribution in [0.3, 0.4) is 0 Å². The van der Waals surface area contributed by atoms with Gasteiger partial charge in [-0.2, -0.15) is 5.10 Å². The minimum atomic E-state index is -0.0539. The Morgan fingerprint density at radius 3 is 2.62 bits per heavy atom. The molecule has 0 fully saturated rings. The van der Waals surface area contributed by atoms with Crippen molar-refractivity contribution in [3.63, 3.8) is 0 Å². The Morgan fingerprint density at radius 1 is 1.24 bits per heavy atom. The van der Waals surface area contributed by atoms with Gasteiger partial charge in [0.2, 0.25) is 0 Å². The van der Waals surface area contributed by atoms with E-state index >= 15 is 0 Å². The molecule has 21 heavy (non-hydrogen) atoms. The molecule has 2 rings (SSSR count). The van der Waals surface area contributed by atoms with Crippen LogP contribution in [0.15, 0.2) is 36.5 Å². The molecular formula is C16H22N4O. The highest BCUT2D eigenvalue weighted by Gasteiger charge is 2.11. The highest BCUT2D eigenvalue weighted by molar-refractivity contribution is 5.95. The molecule has 2 aromatic rings. The molecule has 0 aliphatic heterocycles. The van der Waals surface area contributed by atoms with E-state index in [1.165, 1.54) is 0 Å². The van der Waals surface area contributed by atoms with Crippen molar-refractivity contribution in [1.29, 1.82) is 0 Å². The maximum atomic E-state index is 12.0. The first-order valence-electron chi connectivity index (χ1n) is 7.12. The van der Waals surface area contributed by atoms with Crippen LogP contribution in [0.4, 0.5) is 5.69 Å². The number of rotatable bonds is 5. The second kappa shape index (κ2) is 6.43. The lowest BCUT2D eigenvalue weighted by Gasteiger charge is -2.16. The zero-order valence-electron chi connectivity index (χ0n) is 12.9. The number of benzene rings is 1. The van der Waals surface area contributed by atoms with Crippen molar-refractivity contribution < 1.29 is 4.79 Å². The molecule has 0 saturated heterocycles. The Hall–Kier alpha value is -2.30. The molecule has 1 heterocycles. The summed E-state index contributed by atoms with van der Waals surface area (Å²) in [7, 11) is 1.92. The van der Waals surface area contributed by atoms with Gasteiger partial charge in [0.05, 0.1) is 11.7 Å². The number of aromatic nitrogens is 2. The molecule has 1 atom stereocenters. The first-order chi connectivity index (χ1) is 9.97. The highest BCUT2D eigenvalue weighted by Crippen LogP contribution is 2.19. The van der Waals surface area contributed by atoms with Crippen LogP contribution in [-0.2, 0) is 7.05 Å². The summed E-state index contributed by atoms with van der Waals surface area (Å²) in [4.78, 5) is 12.0. The van der Waals surface area contributed by atoms with E-state index in [0.29, 0.717) is 5.56 Å². The van der Waals surface area contributed by atoms with E-state index in [9.17, 15) is 4.79 Å². The summed E-state index contributed by atoms with van der Waals surface area (Å²) in [6, 6.07) is 9.74. The standard InChI is InChI=1S/C16H22N4O/c1-11(2)18-16(21)13-6-5-7-14(10-13)19-12(3)15-8-9-17-20(15)4/h5-12,19H,1-4H3,(H,18,21). The van der Waals surface area contributed by atoms with Crippen molar-refractivity contribution in [2.24, 2.45) is 7.05 Å². The minimum absolute atomic E-state index is 0.0539. The van der Waals surface area contributed by atoms with Crippen molar-refractivity contribution in [2.45, 2.75) is 32.9 Å². The summed E-state index contributed by atoms with van der Waals surface area (Å²) in [5.41, 5.74) is 2.66. The van der Waals surface area contributed by atoms with Crippen LogP contribution in [0.1, 0.15) is 42.9 Å². The van der Waals surface area contributed by atoms with E-state index in [-0.39, 0.29) is 18.0 Å². The molecule has 0 spiro atoms. The van der Waals surface area contributed by atoms with Crippen molar-refractivity contribution in [3.05, 3.63) is 47.8 Å². The zero-order valence-corrected chi connectivity index (χ0v) is 12.9. The van der Waals surface area contributed by atoms with Gasteiger partial charge in [0, 0.05) is 30.5 Å². The van der Waals surface area contributed by atoms with Crippen LogP contribution in [0.5, 0.6) is 0 Å². The summed E-state index contributed by atoms with van der Waals surface area (Å²) >= 11 is 0. The summed E-state index contributed by atoms with van der Waals surface area (Å²) < 4.78 is 1.84. The lowest BCUT2D eigenvalue weighted by molar-refractivity contribution is 0.0943. The van der Waals surface area contributed by atoms with Crippen molar-refractivity contribution in [1.82, 2.24) is 15.1 Å². The molecule has 1 unspecified atom stereocenters. The van der Waals surface area contributed by atoms with E-state index in [0.717, 1.165) is 11.4 Å². The van der Waals surface area contributed by atoms with Crippen LogP contribution in [0.25, 0.3) is 0 Å². The molecule has 0 aliphatic rings. The first kappa shape index (κ1) is 15.1. The van der Waals surface area contributed by atoms with Gasteiger partial charge in [0.15, 0.2) is 0 Å². The van der Waals surface area contributed by atoms with Gasteiger partial charge in [-0.3, -0.25) is 9.48 Å². The maximum Gasteiger partial charge on any atom is 0.251 e. The number of anilines is 1. The average molecular weight is 286 g/mol. The number of aryl methyl sites for hydroxylation is 1. The molecule has 0 bridgehead atoms. The van der Waals surface area contributed by atoms with Crippen molar-refractivity contribution >= 4 is 11.6 Å². The van der Waals surface area contributed by atoms with Gasteiger partial charge in [-0.15, -0.1) is 0 Å². The van der Waals surface area contributed by atoms with E-state index in [2.05, 4.69) is 22.7 Å². The van der Waals surface area contributed by atoms with Gasteiger partial charge in [-0.05, 0) is 45.0 Å². The van der Waals surface area contributed by atoms with Crippen LogP contribution >= 0.6 is 0 Å². The molecule has 1 aromatic carbocycles. The lowest BCUT2D eigenvalue weighted by atomic mass is 10.1. The summed E-state index contributed by atoms with van der Waals surface area (Å²) in [5.74, 6) is -0.0539. The third-order valence-corrected chi connectivity index (χ3v) is 3.23. The number of nitrogens with one attached hydrogen (secondary N) is 2. The summed E-state index contributed by atoms with van der Waals surface area (Å²) in [5, 5.41) is 10.5. The lowest BCUT2D eigenvalue weighted by Crippen LogP contribution is -2.30. The topological polar surface area (TPSA) is 59.0 Å². The third kappa shape index (κ3) is 3.84. The summed E-state index contributed by atoms with van der Waals surface area (Å²) in [6.45, 7) is 5.97. The van der Waals surface area contributed by atoms with Crippen LogP contribution in [0.2, 0.25) is 0 Å². The number of hydrogen-bond acceptors (Lipinski definition) is 3. The van der Waals surface area contributed by atoms with Crippen LogP contribution < -0.4 is 10.6 Å². The van der Waals surface area contributed by atoms with Crippen molar-refractivity contribution in [3.8, 4) is 0 Å². The third-order valence-electron chi connectivity index (χ3n) is 3.23. The highest BCUT2D eigenvalue weighted by atomic mass is 16.1. The van der Waals surface area contributed by atoms with Crippen LogP contribution in [0, 0.1) is 0 Å². The number of carbonyl (C=O) groups excluding carboxylic acids is 1. The molecule has 0 saturated carbocycles. The molecule has 5 heteroatoms. The van der Waals surface area contributed by atoms with Gasteiger partial charge >= 0.3 is 0 Å². The molecular weight excluding hydrogens is 264 g/mol. The van der Waals surface area contributed by atoms with Gasteiger partial charge in [-0.1, -0.05) is 6.07 Å². The fraction of sp³-hybridized carbons (Fsp3) is 0.375. The fourth-order valence-electron chi connectivity index (χ4n) is 2.23. The Balaban J connectivity index is 2.11. The number of carbonyl (C=O) groups is 1. The van der Waals surface area contributed by atoms with Gasteiger partial charge in [0.25, 0.3) is 5.91 Å². The average Bonchev–Trinajstić information content (AvgIpc) is 2.84. The number of hydrogen-bond donors (Lipinski definition) is 2. The normalized spacial score (nSPS) is 12.2. The minimum Gasteiger partial charge on any atom is -0.377 e. The smallest absolute Gasteiger partial charge is 0.251 e. The molecule has 2 N–H and O–H groups in total. The Bertz CT molecular complexity index is 618. The second-order valence-corrected chi connectivity index (χ2v) is 5.45. The largest absolute Gasteiger partial charge is 0.377 e. The maximum absolute atomic E-state index is 12.0. The second-order valence-electron chi connectivity index (χ2n) is 5.45. The zero-order chi connectivity index (χ0) is 15.4. The Kier molecular flexibility index (Phi) is 4.62. The van der Waals surface area contributed by atoms with E-state index in [1.807, 2.05) is 55.9 Å². The Labute approximate surface area is 125 Å². The molecule has 5 nitrogen and oxygen atoms in total. The van der Waals surface area contributed by atoms with Gasteiger partial charge in [-0.25, -0.2) is 0 Å². The predicted molar refractivity (Wildman–Crippen MR) is 84.3 cm³/mol. The number of amides is 1. The summed E-state index contributed by atoms with van der Waals surface area (Å²) in [6.07, 6.45) is 1.78. The molecule has 112 valence electrons. The monoisotopic (exact) mass is 286 g/mol. The molecule has 0 aliphatic carbocycles. The predicted octanol–water partition coefficient (Wildman–Crippen LogP) is 2.73. The van der Waals surface area contributed by atoms with Crippen LogP contribution in [-0.4, -0.2) is 21.7 Å². The van der Waals surface area contributed by atoms with E-state index in [1.54, 1.807) is 6.20 Å². The van der Waals surface area contributed by atoms with E-state index < -0.39 is 0 Å². The quantitative estimate of drug-likeness (QED) is 0.888. The molecule has 0 radical (unpaired) electrons. The fourth-order valence-corrected chi connectivity index (χ4v) is 2.23. The Morgan fingerprint density at radius 2 is 2.00 bits per heavy atom. The molecule has 1 amide bonds. The number of nitrogens with zero attached hydrogens (tertiary/aromatic N) is 2.